The van der Waals surface area contributed by atoms with E-state index in [1.54, 1.807) is 0 Å². The van der Waals surface area contributed by atoms with Crippen LogP contribution in [0, 0.1) is 0 Å². The van der Waals surface area contributed by atoms with Gasteiger partial charge in [0.05, 0.1) is 18.2 Å². The molecule has 0 bridgehead atoms. The van der Waals surface area contributed by atoms with Gasteiger partial charge in [0, 0.05) is 25.2 Å². The fourth-order valence-electron chi connectivity index (χ4n) is 2.52. The maximum absolute atomic E-state index is 12.5. The topological polar surface area (TPSA) is 60.2 Å². The summed E-state index contributed by atoms with van der Waals surface area (Å²) in [5, 5.41) is 8.17. The number of hydrogen-bond donors (Lipinski definition) is 0. The van der Waals surface area contributed by atoms with Gasteiger partial charge in [0.1, 0.15) is 5.52 Å². The Balaban J connectivity index is 1.88. The maximum Gasteiger partial charge on any atom is 0.254 e. The highest BCUT2D eigenvalue weighted by Crippen LogP contribution is 2.16. The van der Waals surface area contributed by atoms with E-state index in [0.29, 0.717) is 25.3 Å². The summed E-state index contributed by atoms with van der Waals surface area (Å²) in [7, 11) is 0. The standard InChI is InChI=1S/C14H18N4O2/c1-3-18-13-5-4-11(8-12(13)15-16-18)14(19)17-6-7-20-10(2)9-17/h4-5,8,10H,3,6-7,9H2,1-2H3/t10-/m0/s1. The predicted octanol–water partition coefficient (Wildman–Crippen LogP) is 1.31. The molecule has 2 heterocycles. The molecule has 2 aromatic rings. The molecule has 0 radical (unpaired) electrons. The molecular weight excluding hydrogens is 256 g/mol. The SMILES string of the molecule is CCn1nnc2cc(C(=O)N3CCO[C@@H](C)C3)ccc21. The van der Waals surface area contributed by atoms with Crippen LogP contribution in [0.4, 0.5) is 0 Å². The third-order valence-electron chi connectivity index (χ3n) is 3.59. The molecule has 6 nitrogen and oxygen atoms in total. The summed E-state index contributed by atoms with van der Waals surface area (Å²) in [6.07, 6.45) is 0.0948. The normalized spacial score (nSPS) is 19.5. The number of aryl methyl sites for hydroxylation is 1. The van der Waals surface area contributed by atoms with Gasteiger partial charge in [-0.15, -0.1) is 5.10 Å². The molecular formula is C14H18N4O2. The Morgan fingerprint density at radius 3 is 3.10 bits per heavy atom. The zero-order chi connectivity index (χ0) is 14.1. The summed E-state index contributed by atoms with van der Waals surface area (Å²) < 4.78 is 7.28. The first-order valence-electron chi connectivity index (χ1n) is 6.93. The van der Waals surface area contributed by atoms with Crippen LogP contribution in [0.3, 0.4) is 0 Å². The van der Waals surface area contributed by atoms with E-state index < -0.39 is 0 Å². The Hall–Kier alpha value is -1.95. The van der Waals surface area contributed by atoms with Gasteiger partial charge in [-0.3, -0.25) is 4.79 Å². The first-order chi connectivity index (χ1) is 9.69. The highest BCUT2D eigenvalue weighted by Gasteiger charge is 2.22. The minimum Gasteiger partial charge on any atom is -0.375 e. The maximum atomic E-state index is 12.5. The molecule has 1 fully saturated rings. The van der Waals surface area contributed by atoms with Crippen molar-refractivity contribution in [1.82, 2.24) is 19.9 Å². The molecule has 0 saturated carbocycles. The number of amides is 1. The van der Waals surface area contributed by atoms with E-state index in [9.17, 15) is 4.79 Å². The van der Waals surface area contributed by atoms with Crippen LogP contribution in [-0.4, -0.2) is 51.6 Å². The number of carbonyl (C=O) groups excluding carboxylic acids is 1. The van der Waals surface area contributed by atoms with Gasteiger partial charge in [-0.2, -0.15) is 0 Å². The van der Waals surface area contributed by atoms with Gasteiger partial charge in [-0.1, -0.05) is 5.21 Å². The molecule has 1 amide bonds. The number of nitrogens with zero attached hydrogens (tertiary/aromatic N) is 4. The number of benzene rings is 1. The lowest BCUT2D eigenvalue weighted by Gasteiger charge is -2.31. The minimum atomic E-state index is 0.0353. The Labute approximate surface area is 117 Å². The van der Waals surface area contributed by atoms with Crippen LogP contribution in [0.5, 0.6) is 0 Å². The van der Waals surface area contributed by atoms with Crippen molar-refractivity contribution in [3.63, 3.8) is 0 Å². The smallest absolute Gasteiger partial charge is 0.254 e. The zero-order valence-electron chi connectivity index (χ0n) is 11.7. The van der Waals surface area contributed by atoms with Crippen molar-refractivity contribution in [2.24, 2.45) is 0 Å². The Kier molecular flexibility index (Phi) is 3.40. The molecule has 0 spiro atoms. The van der Waals surface area contributed by atoms with E-state index >= 15 is 0 Å². The van der Waals surface area contributed by atoms with E-state index in [0.717, 1.165) is 17.6 Å². The van der Waals surface area contributed by atoms with Crippen molar-refractivity contribution >= 4 is 16.9 Å². The fourth-order valence-corrected chi connectivity index (χ4v) is 2.52. The lowest BCUT2D eigenvalue weighted by atomic mass is 10.1. The number of fused-ring (bicyclic) bond motifs is 1. The van der Waals surface area contributed by atoms with Crippen molar-refractivity contribution in [2.75, 3.05) is 19.7 Å². The van der Waals surface area contributed by atoms with Crippen molar-refractivity contribution in [1.29, 1.82) is 0 Å². The van der Waals surface area contributed by atoms with Gasteiger partial charge >= 0.3 is 0 Å². The summed E-state index contributed by atoms with van der Waals surface area (Å²) >= 11 is 0. The number of rotatable bonds is 2. The van der Waals surface area contributed by atoms with Gasteiger partial charge in [0.2, 0.25) is 0 Å². The number of carbonyl (C=O) groups is 1. The van der Waals surface area contributed by atoms with E-state index in [2.05, 4.69) is 10.3 Å². The average Bonchev–Trinajstić information content (AvgIpc) is 2.88. The van der Waals surface area contributed by atoms with Gasteiger partial charge in [-0.25, -0.2) is 4.68 Å². The van der Waals surface area contributed by atoms with Crippen LogP contribution in [0.15, 0.2) is 18.2 Å². The quantitative estimate of drug-likeness (QED) is 0.828. The third-order valence-corrected chi connectivity index (χ3v) is 3.59. The van der Waals surface area contributed by atoms with Gasteiger partial charge in [0.25, 0.3) is 5.91 Å². The fraction of sp³-hybridized carbons (Fsp3) is 0.500. The van der Waals surface area contributed by atoms with Crippen molar-refractivity contribution < 1.29 is 9.53 Å². The second-order valence-corrected chi connectivity index (χ2v) is 5.04. The number of hydrogen-bond acceptors (Lipinski definition) is 4. The number of morpholine rings is 1. The Morgan fingerprint density at radius 1 is 1.50 bits per heavy atom. The molecule has 0 unspecified atom stereocenters. The summed E-state index contributed by atoms with van der Waals surface area (Å²) in [4.78, 5) is 14.3. The first kappa shape index (κ1) is 13.1. The molecule has 0 aliphatic carbocycles. The number of aromatic nitrogens is 3. The van der Waals surface area contributed by atoms with Gasteiger partial charge in [0.15, 0.2) is 0 Å². The second kappa shape index (κ2) is 5.20. The molecule has 1 aromatic carbocycles. The second-order valence-electron chi connectivity index (χ2n) is 5.04. The van der Waals surface area contributed by atoms with E-state index in [1.165, 1.54) is 0 Å². The molecule has 0 N–H and O–H groups in total. The number of ether oxygens (including phenoxy) is 1. The van der Waals surface area contributed by atoms with Gasteiger partial charge < -0.3 is 9.64 Å². The first-order valence-corrected chi connectivity index (χ1v) is 6.93. The van der Waals surface area contributed by atoms with E-state index in [-0.39, 0.29) is 12.0 Å². The van der Waals surface area contributed by atoms with Crippen LogP contribution < -0.4 is 0 Å². The molecule has 6 heteroatoms. The molecule has 20 heavy (non-hydrogen) atoms. The molecule has 1 aromatic heterocycles. The average molecular weight is 274 g/mol. The van der Waals surface area contributed by atoms with Gasteiger partial charge in [-0.05, 0) is 32.0 Å². The molecule has 1 saturated heterocycles. The molecule has 3 rings (SSSR count). The Morgan fingerprint density at radius 2 is 2.35 bits per heavy atom. The largest absolute Gasteiger partial charge is 0.375 e. The summed E-state index contributed by atoms with van der Waals surface area (Å²) in [5.41, 5.74) is 2.38. The molecule has 1 aliphatic rings. The third kappa shape index (κ3) is 2.27. The monoisotopic (exact) mass is 274 g/mol. The summed E-state index contributed by atoms with van der Waals surface area (Å²) in [5.74, 6) is 0.0353. The highest BCUT2D eigenvalue weighted by molar-refractivity contribution is 5.97. The van der Waals surface area contributed by atoms with Crippen LogP contribution in [0.2, 0.25) is 0 Å². The summed E-state index contributed by atoms with van der Waals surface area (Å²) in [6, 6.07) is 5.58. The lowest BCUT2D eigenvalue weighted by molar-refractivity contribution is -0.0124. The van der Waals surface area contributed by atoms with Crippen LogP contribution in [-0.2, 0) is 11.3 Å². The Bertz CT molecular complexity index is 637. The van der Waals surface area contributed by atoms with E-state index in [1.807, 2.05) is 41.6 Å². The minimum absolute atomic E-state index is 0.0353. The lowest BCUT2D eigenvalue weighted by Crippen LogP contribution is -2.44. The molecule has 1 atom stereocenters. The van der Waals surface area contributed by atoms with Crippen molar-refractivity contribution in [3.05, 3.63) is 23.8 Å². The van der Waals surface area contributed by atoms with Crippen molar-refractivity contribution in [2.45, 2.75) is 26.5 Å². The van der Waals surface area contributed by atoms with Crippen LogP contribution in [0.25, 0.3) is 11.0 Å². The van der Waals surface area contributed by atoms with E-state index in [4.69, 9.17) is 4.74 Å². The van der Waals surface area contributed by atoms with Crippen LogP contribution >= 0.6 is 0 Å². The van der Waals surface area contributed by atoms with Crippen LogP contribution in [0.1, 0.15) is 24.2 Å². The summed E-state index contributed by atoms with van der Waals surface area (Å²) in [6.45, 7) is 6.64. The zero-order valence-corrected chi connectivity index (χ0v) is 11.7. The predicted molar refractivity (Wildman–Crippen MR) is 74.5 cm³/mol. The van der Waals surface area contributed by atoms with Crippen molar-refractivity contribution in [3.8, 4) is 0 Å². The molecule has 106 valence electrons. The molecule has 1 aliphatic heterocycles. The highest BCUT2D eigenvalue weighted by atomic mass is 16.5.